The second kappa shape index (κ2) is 12.7. The fraction of sp³-hybridized carbons (Fsp3) is 0.172. The predicted molar refractivity (Wildman–Crippen MR) is 155 cm³/mol. The molecule has 5 rings (SSSR count). The van der Waals surface area contributed by atoms with Gasteiger partial charge in [-0.2, -0.15) is 10.1 Å². The first-order chi connectivity index (χ1) is 21.5. The Bertz CT molecular complexity index is 2050. The number of amides is 1. The zero-order valence-corrected chi connectivity index (χ0v) is 23.8. The average Bonchev–Trinajstić information content (AvgIpc) is 3.44. The van der Waals surface area contributed by atoms with Crippen molar-refractivity contribution in [1.29, 1.82) is 0 Å². The minimum atomic E-state index is -1.69. The number of aryl methyl sites for hydroxylation is 1. The standard InChI is InChI=1S/C29H25F3N8O5/c1-38-13-17(11-35-38)10-33-25(41)18-9-19(26(42)34-12-18)15-40-28(43)37-27(36-20-3-5-21(45-2)6-4-20)39(29(40)44)14-16-7-22(30)24(32)23(31)8-16/h3-9,11-13H,10,14-15H2,1-2H3,(H,33,41)(H,34,42)(H,36,37,43). The highest BCUT2D eigenvalue weighted by Gasteiger charge is 2.19. The van der Waals surface area contributed by atoms with E-state index in [-0.39, 0.29) is 29.2 Å². The number of H-pyrrole nitrogens is 1. The molecule has 0 fully saturated rings. The molecule has 3 heterocycles. The molecule has 2 aromatic carbocycles. The Balaban J connectivity index is 1.50. The number of carbonyl (C=O) groups excluding carboxylic acids is 1. The maximum Gasteiger partial charge on any atom is 0.355 e. The summed E-state index contributed by atoms with van der Waals surface area (Å²) in [6.07, 6.45) is 4.47. The smallest absolute Gasteiger partial charge is 0.355 e. The van der Waals surface area contributed by atoms with Crippen LogP contribution in [0.15, 0.2) is 75.4 Å². The van der Waals surface area contributed by atoms with Gasteiger partial charge in [-0.25, -0.2) is 27.3 Å². The number of aromatic nitrogens is 6. The number of anilines is 2. The maximum absolute atomic E-state index is 14.0. The number of aromatic amines is 1. The number of halogens is 3. The van der Waals surface area contributed by atoms with Crippen molar-refractivity contribution in [1.82, 2.24) is 34.2 Å². The molecule has 16 heteroatoms. The Morgan fingerprint density at radius 3 is 2.33 bits per heavy atom. The third-order valence-electron chi connectivity index (χ3n) is 6.66. The van der Waals surface area contributed by atoms with Gasteiger partial charge in [0.2, 0.25) is 5.95 Å². The molecule has 0 radical (unpaired) electrons. The normalized spacial score (nSPS) is 11.0. The zero-order chi connectivity index (χ0) is 32.2. The number of rotatable bonds is 10. The first kappa shape index (κ1) is 30.5. The third-order valence-corrected chi connectivity index (χ3v) is 6.66. The fourth-order valence-corrected chi connectivity index (χ4v) is 4.39. The van der Waals surface area contributed by atoms with Gasteiger partial charge in [-0.1, -0.05) is 0 Å². The lowest BCUT2D eigenvalue weighted by Gasteiger charge is -2.16. The minimum Gasteiger partial charge on any atom is -0.497 e. The molecule has 0 atom stereocenters. The Kier molecular flexibility index (Phi) is 8.65. The molecule has 3 aromatic heterocycles. The van der Waals surface area contributed by atoms with E-state index in [1.807, 2.05) is 0 Å². The second-order valence-electron chi connectivity index (χ2n) is 9.85. The quantitative estimate of drug-likeness (QED) is 0.200. The molecule has 0 bridgehead atoms. The van der Waals surface area contributed by atoms with Crippen LogP contribution in [-0.2, 0) is 26.7 Å². The molecule has 0 aliphatic rings. The third kappa shape index (κ3) is 6.84. The van der Waals surface area contributed by atoms with Crippen molar-refractivity contribution >= 4 is 17.5 Å². The molecule has 0 aliphatic heterocycles. The van der Waals surface area contributed by atoms with Crippen molar-refractivity contribution in [3.8, 4) is 5.75 Å². The first-order valence-corrected chi connectivity index (χ1v) is 13.3. The van der Waals surface area contributed by atoms with Gasteiger partial charge in [0.25, 0.3) is 11.5 Å². The van der Waals surface area contributed by atoms with Crippen molar-refractivity contribution in [2.75, 3.05) is 12.4 Å². The van der Waals surface area contributed by atoms with E-state index in [0.29, 0.717) is 28.1 Å². The van der Waals surface area contributed by atoms with Crippen LogP contribution in [-0.4, -0.2) is 41.9 Å². The number of carbonyl (C=O) groups is 1. The van der Waals surface area contributed by atoms with Gasteiger partial charge in [0.05, 0.1) is 32.0 Å². The van der Waals surface area contributed by atoms with Crippen LogP contribution in [0.25, 0.3) is 0 Å². The molecule has 5 aromatic rings. The van der Waals surface area contributed by atoms with Gasteiger partial charge in [0, 0.05) is 42.8 Å². The van der Waals surface area contributed by atoms with Gasteiger partial charge in [0.1, 0.15) is 5.75 Å². The lowest BCUT2D eigenvalue weighted by molar-refractivity contribution is 0.0950. The molecule has 232 valence electrons. The van der Waals surface area contributed by atoms with Gasteiger partial charge in [0.15, 0.2) is 17.5 Å². The van der Waals surface area contributed by atoms with Gasteiger partial charge in [-0.3, -0.25) is 18.8 Å². The van der Waals surface area contributed by atoms with E-state index in [1.54, 1.807) is 48.4 Å². The van der Waals surface area contributed by atoms with Crippen LogP contribution in [0.3, 0.4) is 0 Å². The fourth-order valence-electron chi connectivity index (χ4n) is 4.39. The number of benzene rings is 2. The van der Waals surface area contributed by atoms with Crippen molar-refractivity contribution in [3.05, 3.63) is 132 Å². The molecule has 1 amide bonds. The molecule has 3 N–H and O–H groups in total. The number of pyridine rings is 1. The summed E-state index contributed by atoms with van der Waals surface area (Å²) in [4.78, 5) is 58.6. The van der Waals surface area contributed by atoms with Crippen LogP contribution >= 0.6 is 0 Å². The maximum atomic E-state index is 14.0. The molecule has 0 spiro atoms. The molecule has 0 saturated heterocycles. The first-order valence-electron chi connectivity index (χ1n) is 13.3. The number of nitrogens with zero attached hydrogens (tertiary/aromatic N) is 5. The van der Waals surface area contributed by atoms with E-state index in [1.165, 1.54) is 19.4 Å². The van der Waals surface area contributed by atoms with Crippen LogP contribution in [0.2, 0.25) is 0 Å². The highest BCUT2D eigenvalue weighted by Crippen LogP contribution is 2.19. The molecule has 45 heavy (non-hydrogen) atoms. The Hall–Kier alpha value is -5.93. The van der Waals surface area contributed by atoms with Gasteiger partial charge in [-0.15, -0.1) is 0 Å². The van der Waals surface area contributed by atoms with Gasteiger partial charge in [-0.05, 0) is 48.0 Å². The highest BCUT2D eigenvalue weighted by atomic mass is 19.2. The topological polar surface area (TPSA) is 158 Å². The van der Waals surface area contributed by atoms with Crippen molar-refractivity contribution in [3.63, 3.8) is 0 Å². The lowest BCUT2D eigenvalue weighted by Crippen LogP contribution is -2.43. The Labute approximate surface area is 251 Å². The molecular formula is C29H25F3N8O5. The summed E-state index contributed by atoms with van der Waals surface area (Å²) in [5, 5.41) is 9.52. The van der Waals surface area contributed by atoms with Crippen LogP contribution in [0.1, 0.15) is 27.0 Å². The summed E-state index contributed by atoms with van der Waals surface area (Å²) in [6, 6.07) is 8.98. The van der Waals surface area contributed by atoms with Crippen LogP contribution in [0.5, 0.6) is 5.75 Å². The average molecular weight is 623 g/mol. The van der Waals surface area contributed by atoms with Crippen LogP contribution in [0, 0.1) is 17.5 Å². The van der Waals surface area contributed by atoms with E-state index < -0.39 is 53.4 Å². The monoisotopic (exact) mass is 622 g/mol. The summed E-state index contributed by atoms with van der Waals surface area (Å²) in [7, 11) is 3.19. The van der Waals surface area contributed by atoms with Crippen molar-refractivity contribution in [2.24, 2.45) is 7.05 Å². The Morgan fingerprint density at radius 1 is 0.978 bits per heavy atom. The van der Waals surface area contributed by atoms with E-state index in [2.05, 4.69) is 25.7 Å². The van der Waals surface area contributed by atoms with Gasteiger partial charge >= 0.3 is 11.4 Å². The summed E-state index contributed by atoms with van der Waals surface area (Å²) in [6.45, 7) is -0.979. The zero-order valence-electron chi connectivity index (χ0n) is 23.8. The predicted octanol–water partition coefficient (Wildman–Crippen LogP) is 2.02. The Morgan fingerprint density at radius 2 is 1.69 bits per heavy atom. The molecule has 0 saturated carbocycles. The number of methoxy groups -OCH3 is 1. The van der Waals surface area contributed by atoms with E-state index >= 15 is 0 Å². The van der Waals surface area contributed by atoms with Gasteiger partial charge < -0.3 is 20.4 Å². The molecule has 0 aliphatic carbocycles. The number of hydrogen-bond acceptors (Lipinski definition) is 8. The largest absolute Gasteiger partial charge is 0.497 e. The van der Waals surface area contributed by atoms with Crippen LogP contribution < -0.4 is 32.3 Å². The number of nitrogens with one attached hydrogen (secondary N) is 3. The SMILES string of the molecule is COc1ccc(Nc2nc(=O)n(Cc3cc(C(=O)NCc4cnn(C)c4)c[nH]c3=O)c(=O)n2Cc2cc(F)c(F)c(F)c2)cc1. The van der Waals surface area contributed by atoms with E-state index in [4.69, 9.17) is 4.74 Å². The molecule has 13 nitrogen and oxygen atoms in total. The summed E-state index contributed by atoms with van der Waals surface area (Å²) in [5.41, 5.74) is -1.86. The summed E-state index contributed by atoms with van der Waals surface area (Å²) >= 11 is 0. The molecule has 0 unspecified atom stereocenters. The van der Waals surface area contributed by atoms with E-state index in [9.17, 15) is 32.3 Å². The van der Waals surface area contributed by atoms with Crippen LogP contribution in [0.4, 0.5) is 24.8 Å². The van der Waals surface area contributed by atoms with E-state index in [0.717, 1.165) is 10.1 Å². The second-order valence-corrected chi connectivity index (χ2v) is 9.85. The number of ether oxygens (including phenoxy) is 1. The lowest BCUT2D eigenvalue weighted by atomic mass is 10.2. The molecular weight excluding hydrogens is 597 g/mol. The summed E-state index contributed by atoms with van der Waals surface area (Å²) in [5.74, 6) is -4.96. The highest BCUT2D eigenvalue weighted by molar-refractivity contribution is 5.93. The van der Waals surface area contributed by atoms with Crippen molar-refractivity contribution < 1.29 is 22.7 Å². The minimum absolute atomic E-state index is 0.0462. The summed E-state index contributed by atoms with van der Waals surface area (Å²) < 4.78 is 49.9. The van der Waals surface area contributed by atoms with Crippen molar-refractivity contribution in [2.45, 2.75) is 19.6 Å². The number of hydrogen-bond donors (Lipinski definition) is 3.